The number of halogens is 4. The molecule has 2 nitrogen and oxygen atoms in total. The van der Waals surface area contributed by atoms with Gasteiger partial charge in [-0.2, -0.15) is 13.2 Å². The van der Waals surface area contributed by atoms with Crippen LogP contribution in [0.15, 0.2) is 24.3 Å². The highest BCUT2D eigenvalue weighted by atomic mass is 35.5. The molecule has 0 radical (unpaired) electrons. The van der Waals surface area contributed by atoms with Crippen LogP contribution in [0.2, 0.25) is 0 Å². The van der Waals surface area contributed by atoms with E-state index in [9.17, 15) is 13.2 Å². The Morgan fingerprint density at radius 3 is 2.40 bits per heavy atom. The molecule has 0 bridgehead atoms. The predicted octanol–water partition coefficient (Wildman–Crippen LogP) is 4.28. The van der Waals surface area contributed by atoms with E-state index in [1.807, 2.05) is 14.0 Å². The van der Waals surface area contributed by atoms with Gasteiger partial charge in [-0.1, -0.05) is 25.5 Å². The topological polar surface area (TPSA) is 21.3 Å². The third-order valence-electron chi connectivity index (χ3n) is 2.81. The van der Waals surface area contributed by atoms with Crippen molar-refractivity contribution in [3.05, 3.63) is 29.8 Å². The summed E-state index contributed by atoms with van der Waals surface area (Å²) in [5, 5.41) is 2.98. The van der Waals surface area contributed by atoms with Crippen LogP contribution in [0, 0.1) is 0 Å². The standard InChI is InChI=1S/C14H20F3NO.ClH/c1-3-6-11(9-10-18-2)19-13-8-5-4-7-12(13)14(15,16)17;/h4-5,7-8,11,18H,3,6,9-10H2,1-2H3;1H. The van der Waals surface area contributed by atoms with Crippen molar-refractivity contribution in [2.45, 2.75) is 38.5 Å². The van der Waals surface area contributed by atoms with E-state index < -0.39 is 11.7 Å². The van der Waals surface area contributed by atoms with Gasteiger partial charge < -0.3 is 10.1 Å². The lowest BCUT2D eigenvalue weighted by Gasteiger charge is -2.21. The summed E-state index contributed by atoms with van der Waals surface area (Å²) < 4.78 is 44.1. The number of para-hydroxylation sites is 1. The van der Waals surface area contributed by atoms with Gasteiger partial charge in [-0.3, -0.25) is 0 Å². The van der Waals surface area contributed by atoms with E-state index in [1.165, 1.54) is 12.1 Å². The summed E-state index contributed by atoms with van der Waals surface area (Å²) in [6.07, 6.45) is -2.26. The molecule has 1 aromatic rings. The molecule has 6 heteroatoms. The first-order valence-electron chi connectivity index (χ1n) is 6.46. The second-order valence-corrected chi connectivity index (χ2v) is 4.41. The average Bonchev–Trinajstić information content (AvgIpc) is 2.35. The Balaban J connectivity index is 0.00000361. The van der Waals surface area contributed by atoms with Crippen LogP contribution < -0.4 is 10.1 Å². The lowest BCUT2D eigenvalue weighted by Crippen LogP contribution is -2.23. The van der Waals surface area contributed by atoms with Crippen molar-refractivity contribution in [3.63, 3.8) is 0 Å². The van der Waals surface area contributed by atoms with Crippen molar-refractivity contribution in [2.75, 3.05) is 13.6 Å². The van der Waals surface area contributed by atoms with E-state index in [4.69, 9.17) is 4.74 Å². The molecule has 1 unspecified atom stereocenters. The maximum Gasteiger partial charge on any atom is 0.419 e. The molecule has 1 N–H and O–H groups in total. The maximum atomic E-state index is 12.8. The van der Waals surface area contributed by atoms with E-state index >= 15 is 0 Å². The van der Waals surface area contributed by atoms with Gasteiger partial charge in [-0.15, -0.1) is 12.4 Å². The minimum atomic E-state index is -4.38. The first kappa shape index (κ1) is 19.1. The molecule has 1 atom stereocenters. The number of rotatable bonds is 7. The molecule has 20 heavy (non-hydrogen) atoms. The van der Waals surface area contributed by atoms with Crippen molar-refractivity contribution in [1.82, 2.24) is 5.32 Å². The average molecular weight is 312 g/mol. The normalized spacial score (nSPS) is 12.7. The largest absolute Gasteiger partial charge is 0.490 e. The van der Waals surface area contributed by atoms with Gasteiger partial charge in [0.2, 0.25) is 0 Å². The molecule has 1 rings (SSSR count). The number of alkyl halides is 3. The Bertz CT molecular complexity index is 385. The fourth-order valence-electron chi connectivity index (χ4n) is 1.87. The summed E-state index contributed by atoms with van der Waals surface area (Å²) in [7, 11) is 1.81. The summed E-state index contributed by atoms with van der Waals surface area (Å²) >= 11 is 0. The Hall–Kier alpha value is -0.940. The number of hydrogen-bond donors (Lipinski definition) is 1. The van der Waals surface area contributed by atoms with Crippen LogP contribution in [0.4, 0.5) is 13.2 Å². The van der Waals surface area contributed by atoms with Crippen molar-refractivity contribution in [1.29, 1.82) is 0 Å². The Labute approximate surface area is 124 Å². The van der Waals surface area contributed by atoms with Gasteiger partial charge >= 0.3 is 6.18 Å². The number of hydrogen-bond acceptors (Lipinski definition) is 2. The van der Waals surface area contributed by atoms with Gasteiger partial charge in [0.05, 0.1) is 11.7 Å². The first-order valence-corrected chi connectivity index (χ1v) is 6.46. The molecule has 0 fully saturated rings. The van der Waals surface area contributed by atoms with Crippen molar-refractivity contribution in [2.24, 2.45) is 0 Å². The smallest absolute Gasteiger partial charge is 0.419 e. The second-order valence-electron chi connectivity index (χ2n) is 4.41. The third kappa shape index (κ3) is 6.01. The van der Waals surface area contributed by atoms with E-state index in [2.05, 4.69) is 5.32 Å². The zero-order valence-corrected chi connectivity index (χ0v) is 12.5. The molecule has 0 aromatic heterocycles. The van der Waals surface area contributed by atoms with Crippen molar-refractivity contribution >= 4 is 12.4 Å². The van der Waals surface area contributed by atoms with E-state index in [0.717, 1.165) is 25.5 Å². The quantitative estimate of drug-likeness (QED) is 0.811. The molecule has 1 aromatic carbocycles. The van der Waals surface area contributed by atoms with Crippen LogP contribution in [0.5, 0.6) is 5.75 Å². The SMILES string of the molecule is CCCC(CCNC)Oc1ccccc1C(F)(F)F.Cl. The Kier molecular flexibility index (Phi) is 8.65. The zero-order valence-electron chi connectivity index (χ0n) is 11.7. The van der Waals surface area contributed by atoms with Gasteiger partial charge in [-0.25, -0.2) is 0 Å². The fourth-order valence-corrected chi connectivity index (χ4v) is 1.87. The molecule has 0 aliphatic carbocycles. The molecule has 0 aliphatic heterocycles. The summed E-state index contributed by atoms with van der Waals surface area (Å²) in [6, 6.07) is 5.37. The molecule has 0 spiro atoms. The fraction of sp³-hybridized carbons (Fsp3) is 0.571. The summed E-state index contributed by atoms with van der Waals surface area (Å²) in [6.45, 7) is 2.71. The lowest BCUT2D eigenvalue weighted by molar-refractivity contribution is -0.139. The van der Waals surface area contributed by atoms with Crippen LogP contribution in [-0.4, -0.2) is 19.7 Å². The molecule has 0 saturated carbocycles. The van der Waals surface area contributed by atoms with Crippen LogP contribution in [-0.2, 0) is 6.18 Å². The maximum absolute atomic E-state index is 12.8. The Morgan fingerprint density at radius 2 is 1.85 bits per heavy atom. The monoisotopic (exact) mass is 311 g/mol. The van der Waals surface area contributed by atoms with E-state index in [1.54, 1.807) is 6.07 Å². The van der Waals surface area contributed by atoms with Gasteiger partial charge in [0, 0.05) is 0 Å². The predicted molar refractivity (Wildman–Crippen MR) is 76.6 cm³/mol. The highest BCUT2D eigenvalue weighted by molar-refractivity contribution is 5.85. The van der Waals surface area contributed by atoms with Gasteiger partial charge in [-0.05, 0) is 38.6 Å². The highest BCUT2D eigenvalue weighted by Crippen LogP contribution is 2.36. The summed E-state index contributed by atoms with van der Waals surface area (Å²) in [5.41, 5.74) is -0.708. The second kappa shape index (κ2) is 9.08. The molecule has 116 valence electrons. The summed E-state index contributed by atoms with van der Waals surface area (Å²) in [4.78, 5) is 0. The molecule has 0 amide bonds. The van der Waals surface area contributed by atoms with Crippen LogP contribution >= 0.6 is 12.4 Å². The summed E-state index contributed by atoms with van der Waals surface area (Å²) in [5.74, 6) is -0.0791. The van der Waals surface area contributed by atoms with Gasteiger partial charge in [0.15, 0.2) is 0 Å². The van der Waals surface area contributed by atoms with Gasteiger partial charge in [0.1, 0.15) is 5.75 Å². The highest BCUT2D eigenvalue weighted by Gasteiger charge is 2.34. The molecule has 0 aliphatic rings. The Morgan fingerprint density at radius 1 is 1.20 bits per heavy atom. The molecule has 0 saturated heterocycles. The van der Waals surface area contributed by atoms with E-state index in [-0.39, 0.29) is 24.3 Å². The molecular weight excluding hydrogens is 291 g/mol. The number of nitrogens with one attached hydrogen (secondary N) is 1. The molecular formula is C14H21ClF3NO. The van der Waals surface area contributed by atoms with Crippen LogP contribution in [0.25, 0.3) is 0 Å². The van der Waals surface area contributed by atoms with E-state index in [0.29, 0.717) is 6.42 Å². The van der Waals surface area contributed by atoms with Crippen molar-refractivity contribution in [3.8, 4) is 5.75 Å². The lowest BCUT2D eigenvalue weighted by atomic mass is 10.1. The molecule has 0 heterocycles. The van der Waals surface area contributed by atoms with Crippen molar-refractivity contribution < 1.29 is 17.9 Å². The minimum Gasteiger partial charge on any atom is -0.490 e. The van der Waals surface area contributed by atoms with Crippen LogP contribution in [0.1, 0.15) is 31.7 Å². The first-order chi connectivity index (χ1) is 8.99. The van der Waals surface area contributed by atoms with Gasteiger partial charge in [0.25, 0.3) is 0 Å². The number of benzene rings is 1. The minimum absolute atomic E-state index is 0. The van der Waals surface area contributed by atoms with Crippen LogP contribution in [0.3, 0.4) is 0 Å². The number of ether oxygens (including phenoxy) is 1. The third-order valence-corrected chi connectivity index (χ3v) is 2.81. The zero-order chi connectivity index (χ0) is 14.3.